The first-order valence-electron chi connectivity index (χ1n) is 15.9. The molecule has 1 aliphatic heterocycles. The van der Waals surface area contributed by atoms with Gasteiger partial charge < -0.3 is 28.4 Å². The maximum absolute atomic E-state index is 15.0. The number of sulfonamides is 1. The molecule has 3 aromatic carbocycles. The highest BCUT2D eigenvalue weighted by atomic mass is 32.2. The molecule has 0 aromatic heterocycles. The van der Waals surface area contributed by atoms with E-state index in [1.54, 1.807) is 42.5 Å². The molecule has 3 aromatic rings. The van der Waals surface area contributed by atoms with Crippen molar-refractivity contribution in [3.63, 3.8) is 0 Å². The van der Waals surface area contributed by atoms with E-state index in [9.17, 15) is 9.59 Å². The minimum Gasteiger partial charge on any atom is -0.493 e. The number of benzene rings is 3. The predicted octanol–water partition coefficient (Wildman–Crippen LogP) is 6.40. The number of carbonyl (C=O) groups is 2. The van der Waals surface area contributed by atoms with Gasteiger partial charge in [-0.3, -0.25) is 0 Å². The zero-order valence-electron chi connectivity index (χ0n) is 29.9. The summed E-state index contributed by atoms with van der Waals surface area (Å²) in [4.78, 5) is 29.7. The molecule has 12 heteroatoms. The van der Waals surface area contributed by atoms with Crippen molar-refractivity contribution >= 4 is 22.0 Å². The summed E-state index contributed by atoms with van der Waals surface area (Å²) in [6.07, 6.45) is -3.10. The minimum absolute atomic E-state index is 0.142. The number of hydrogen-bond acceptors (Lipinski definition) is 10. The highest BCUT2D eigenvalue weighted by molar-refractivity contribution is 7.89. The number of esters is 2. The van der Waals surface area contributed by atoms with Gasteiger partial charge in [-0.1, -0.05) is 89.6 Å². The monoisotopic (exact) mass is 697 g/mol. The van der Waals surface area contributed by atoms with Gasteiger partial charge in [-0.05, 0) is 53.1 Å². The molecule has 11 nitrogen and oxygen atoms in total. The lowest BCUT2D eigenvalue weighted by atomic mass is 9.87. The molecule has 0 aliphatic carbocycles. The predicted molar refractivity (Wildman–Crippen MR) is 183 cm³/mol. The standard InChI is InChI=1S/C37H47NO10S/c1-24-16-18-27(19-17-24)49(41,42)38-32(25-14-12-11-13-15-25)48-31(26-20-28(43-8)30(45-10)29(21-26)44-9)37(38,33(39)46-22-35(2,3)4)34(40)47-23-36(5,6)7/h11-21,31-32H,22-23H2,1-10H3/t31-,32+/m1/s1. The molecule has 0 radical (unpaired) electrons. The molecule has 0 bridgehead atoms. The van der Waals surface area contributed by atoms with Crippen molar-refractivity contribution in [3.8, 4) is 17.2 Å². The van der Waals surface area contributed by atoms with Crippen molar-refractivity contribution in [3.05, 3.63) is 83.4 Å². The lowest BCUT2D eigenvalue weighted by Gasteiger charge is -2.37. The average molecular weight is 698 g/mol. The molecule has 1 fully saturated rings. The highest BCUT2D eigenvalue weighted by Crippen LogP contribution is 2.55. The molecule has 49 heavy (non-hydrogen) atoms. The SMILES string of the molecule is COc1cc([C@H]2O[C@@H](c3ccccc3)N(S(=O)(=O)c3ccc(C)cc3)C2(C(=O)OCC(C)(C)C)C(=O)OCC(C)(C)C)cc(OC)c1OC. The Balaban J connectivity index is 2.16. The van der Waals surface area contributed by atoms with E-state index < -0.39 is 50.7 Å². The second kappa shape index (κ2) is 14.4. The average Bonchev–Trinajstić information content (AvgIpc) is 3.43. The third-order valence-electron chi connectivity index (χ3n) is 7.75. The lowest BCUT2D eigenvalue weighted by Crippen LogP contribution is -2.63. The van der Waals surface area contributed by atoms with Crippen LogP contribution in [0, 0.1) is 17.8 Å². The number of carbonyl (C=O) groups excluding carboxylic acids is 2. The van der Waals surface area contributed by atoms with Crippen LogP contribution in [0.1, 0.15) is 70.6 Å². The van der Waals surface area contributed by atoms with Crippen LogP contribution >= 0.6 is 0 Å². The van der Waals surface area contributed by atoms with Crippen LogP contribution in [0.2, 0.25) is 0 Å². The minimum atomic E-state index is -4.72. The first-order chi connectivity index (χ1) is 22.9. The third kappa shape index (κ3) is 7.71. The Hall–Kier alpha value is -4.13. The molecule has 1 heterocycles. The molecular formula is C37H47NO10S. The van der Waals surface area contributed by atoms with Crippen LogP contribution in [0.25, 0.3) is 0 Å². The molecule has 4 rings (SSSR count). The van der Waals surface area contributed by atoms with Crippen molar-refractivity contribution in [1.29, 1.82) is 0 Å². The van der Waals surface area contributed by atoms with Crippen LogP contribution in [0.4, 0.5) is 0 Å². The van der Waals surface area contributed by atoms with Crippen molar-refractivity contribution < 1.29 is 46.4 Å². The summed E-state index contributed by atoms with van der Waals surface area (Å²) in [5, 5.41) is 0. The quantitative estimate of drug-likeness (QED) is 0.164. The molecule has 0 amide bonds. The number of aryl methyl sites for hydroxylation is 1. The molecule has 0 saturated carbocycles. The van der Waals surface area contributed by atoms with Gasteiger partial charge in [0.05, 0.1) is 39.4 Å². The summed E-state index contributed by atoms with van der Waals surface area (Å²) >= 11 is 0. The zero-order valence-corrected chi connectivity index (χ0v) is 30.7. The fourth-order valence-corrected chi connectivity index (χ4v) is 7.14. The lowest BCUT2D eigenvalue weighted by molar-refractivity contribution is -0.176. The van der Waals surface area contributed by atoms with Crippen LogP contribution in [-0.2, 0) is 33.8 Å². The van der Waals surface area contributed by atoms with Crippen LogP contribution < -0.4 is 14.2 Å². The van der Waals surface area contributed by atoms with E-state index in [1.165, 1.54) is 45.6 Å². The Bertz CT molecular complexity index is 1690. The highest BCUT2D eigenvalue weighted by Gasteiger charge is 2.72. The van der Waals surface area contributed by atoms with Gasteiger partial charge in [-0.15, -0.1) is 4.31 Å². The second-order valence-electron chi connectivity index (χ2n) is 14.4. The summed E-state index contributed by atoms with van der Waals surface area (Å²) in [6.45, 7) is 12.6. The largest absolute Gasteiger partial charge is 0.493 e. The van der Waals surface area contributed by atoms with Crippen molar-refractivity contribution in [2.45, 2.75) is 71.2 Å². The summed E-state index contributed by atoms with van der Waals surface area (Å²) in [7, 11) is -0.454. The number of methoxy groups -OCH3 is 3. The van der Waals surface area contributed by atoms with E-state index in [4.69, 9.17) is 28.4 Å². The molecule has 266 valence electrons. The van der Waals surface area contributed by atoms with E-state index in [-0.39, 0.29) is 40.9 Å². The Morgan fingerprint density at radius 1 is 0.755 bits per heavy atom. The topological polar surface area (TPSA) is 127 Å². The fourth-order valence-electron chi connectivity index (χ4n) is 5.39. The number of nitrogens with zero attached hydrogens (tertiary/aromatic N) is 1. The molecule has 1 aliphatic rings. The van der Waals surface area contributed by atoms with Crippen LogP contribution in [0.3, 0.4) is 0 Å². The molecule has 0 N–H and O–H groups in total. The van der Waals surface area contributed by atoms with Crippen LogP contribution in [0.5, 0.6) is 17.2 Å². The van der Waals surface area contributed by atoms with E-state index in [2.05, 4.69) is 0 Å². The zero-order chi connectivity index (χ0) is 36.4. The maximum Gasteiger partial charge on any atom is 0.342 e. The summed E-state index contributed by atoms with van der Waals surface area (Å²) in [5.41, 5.74) is -2.47. The number of ether oxygens (including phenoxy) is 6. The Kier molecular flexibility index (Phi) is 11.1. The van der Waals surface area contributed by atoms with Gasteiger partial charge >= 0.3 is 11.9 Å². The molecule has 0 spiro atoms. The van der Waals surface area contributed by atoms with E-state index in [1.807, 2.05) is 48.5 Å². The summed E-state index contributed by atoms with van der Waals surface area (Å²) in [5.74, 6) is -1.69. The van der Waals surface area contributed by atoms with Gasteiger partial charge in [0.25, 0.3) is 5.54 Å². The van der Waals surface area contributed by atoms with E-state index in [0.29, 0.717) is 5.56 Å². The van der Waals surface area contributed by atoms with Gasteiger partial charge in [0.15, 0.2) is 17.7 Å². The summed E-state index contributed by atoms with van der Waals surface area (Å²) < 4.78 is 66.1. The van der Waals surface area contributed by atoms with Crippen LogP contribution in [-0.4, -0.2) is 64.7 Å². The normalized spacial score (nSPS) is 18.1. The molecule has 1 saturated heterocycles. The van der Waals surface area contributed by atoms with Gasteiger partial charge in [0.1, 0.15) is 6.10 Å². The molecule has 2 atom stereocenters. The van der Waals surface area contributed by atoms with Gasteiger partial charge in [-0.2, -0.15) is 0 Å². The Morgan fingerprint density at radius 2 is 1.24 bits per heavy atom. The Morgan fingerprint density at radius 3 is 1.67 bits per heavy atom. The first kappa shape index (κ1) is 37.7. The van der Waals surface area contributed by atoms with Gasteiger partial charge in [0.2, 0.25) is 15.8 Å². The Labute approximate surface area is 289 Å². The van der Waals surface area contributed by atoms with E-state index in [0.717, 1.165) is 9.87 Å². The number of rotatable bonds is 11. The smallest absolute Gasteiger partial charge is 0.342 e. The maximum atomic E-state index is 15.0. The van der Waals surface area contributed by atoms with Gasteiger partial charge in [-0.25, -0.2) is 18.0 Å². The van der Waals surface area contributed by atoms with Crippen LogP contribution in [0.15, 0.2) is 71.6 Å². The van der Waals surface area contributed by atoms with Crippen molar-refractivity contribution in [2.75, 3.05) is 34.5 Å². The van der Waals surface area contributed by atoms with Gasteiger partial charge in [0, 0.05) is 0 Å². The number of hydrogen-bond donors (Lipinski definition) is 0. The summed E-state index contributed by atoms with van der Waals surface area (Å²) in [6, 6.07) is 17.6. The second-order valence-corrected chi connectivity index (χ2v) is 16.2. The third-order valence-corrected chi connectivity index (χ3v) is 9.62. The van der Waals surface area contributed by atoms with Crippen molar-refractivity contribution in [2.24, 2.45) is 10.8 Å². The first-order valence-corrected chi connectivity index (χ1v) is 17.3. The molecule has 0 unspecified atom stereocenters. The van der Waals surface area contributed by atoms with E-state index >= 15 is 8.42 Å². The van der Waals surface area contributed by atoms with Crippen molar-refractivity contribution in [1.82, 2.24) is 4.31 Å². The fraction of sp³-hybridized carbons (Fsp3) is 0.459. The molecular weight excluding hydrogens is 650 g/mol.